The van der Waals surface area contributed by atoms with Crippen molar-refractivity contribution in [3.63, 3.8) is 0 Å². The number of hydrogen-bond acceptors (Lipinski definition) is 3. The maximum Gasteiger partial charge on any atom is 0.281 e. The Morgan fingerprint density at radius 1 is 1.12 bits per heavy atom. The summed E-state index contributed by atoms with van der Waals surface area (Å²) in [6.45, 7) is 8.51. The van der Waals surface area contributed by atoms with Crippen molar-refractivity contribution < 1.29 is 14.4 Å². The fraction of sp³-hybridized carbons (Fsp3) is 0.381. The number of hydroxylamine groups is 1. The molecule has 4 heteroatoms. The number of carbonyl (C=O) groups excluding carboxylic acids is 1. The first-order chi connectivity index (χ1) is 11.9. The van der Waals surface area contributed by atoms with Gasteiger partial charge in [0.25, 0.3) is 5.91 Å². The normalized spacial score (nSPS) is 10.8. The quantitative estimate of drug-likeness (QED) is 0.772. The van der Waals surface area contributed by atoms with Crippen LogP contribution in [-0.2, 0) is 16.1 Å². The van der Waals surface area contributed by atoms with E-state index in [2.05, 4.69) is 62.3 Å². The number of amides is 1. The molecule has 0 heterocycles. The largest absolute Gasteiger partial charge is 0.484 e. The Morgan fingerprint density at radius 2 is 1.80 bits per heavy atom. The lowest BCUT2D eigenvalue weighted by atomic mass is 9.93. The Bertz CT molecular complexity index is 715. The van der Waals surface area contributed by atoms with Crippen LogP contribution in [-0.4, -0.2) is 19.6 Å². The fourth-order valence-electron chi connectivity index (χ4n) is 2.87. The van der Waals surface area contributed by atoms with Crippen LogP contribution in [0.25, 0.3) is 0 Å². The third kappa shape index (κ3) is 5.33. The third-order valence-corrected chi connectivity index (χ3v) is 4.25. The smallest absolute Gasteiger partial charge is 0.281 e. The molecule has 4 nitrogen and oxygen atoms in total. The molecule has 0 atom stereocenters. The van der Waals surface area contributed by atoms with E-state index in [-0.39, 0.29) is 12.5 Å². The summed E-state index contributed by atoms with van der Waals surface area (Å²) in [5.74, 6) is 0.907. The zero-order valence-electron chi connectivity index (χ0n) is 15.7. The van der Waals surface area contributed by atoms with E-state index in [0.717, 1.165) is 17.5 Å². The first-order valence-corrected chi connectivity index (χ1v) is 8.54. The first-order valence-electron chi connectivity index (χ1n) is 8.54. The number of rotatable bonds is 7. The molecule has 0 aliphatic heterocycles. The molecule has 0 fully saturated rings. The second-order valence-corrected chi connectivity index (χ2v) is 6.63. The van der Waals surface area contributed by atoms with Crippen LogP contribution < -0.4 is 10.2 Å². The van der Waals surface area contributed by atoms with Crippen molar-refractivity contribution in [2.45, 2.75) is 40.0 Å². The summed E-state index contributed by atoms with van der Waals surface area (Å²) in [6.07, 6.45) is 0.892. The average Bonchev–Trinajstić information content (AvgIpc) is 2.57. The van der Waals surface area contributed by atoms with E-state index in [0.29, 0.717) is 11.7 Å². The number of hydrogen-bond donors (Lipinski definition) is 1. The molecule has 0 saturated heterocycles. The van der Waals surface area contributed by atoms with Gasteiger partial charge in [-0.25, -0.2) is 5.48 Å². The van der Waals surface area contributed by atoms with Crippen LogP contribution in [0.3, 0.4) is 0 Å². The maximum absolute atomic E-state index is 11.4. The molecule has 0 spiro atoms. The molecule has 1 N–H and O–H groups in total. The molecule has 0 aromatic heterocycles. The highest BCUT2D eigenvalue weighted by molar-refractivity contribution is 5.76. The molecule has 25 heavy (non-hydrogen) atoms. The van der Waals surface area contributed by atoms with Gasteiger partial charge in [0.05, 0.1) is 7.11 Å². The maximum atomic E-state index is 11.4. The van der Waals surface area contributed by atoms with Crippen LogP contribution in [0.15, 0.2) is 36.4 Å². The molecule has 0 aliphatic carbocycles. The van der Waals surface area contributed by atoms with Crippen molar-refractivity contribution in [1.29, 1.82) is 0 Å². The van der Waals surface area contributed by atoms with Gasteiger partial charge < -0.3 is 4.74 Å². The highest BCUT2D eigenvalue weighted by Crippen LogP contribution is 2.25. The lowest BCUT2D eigenvalue weighted by Gasteiger charge is -2.15. The van der Waals surface area contributed by atoms with E-state index >= 15 is 0 Å². The zero-order valence-corrected chi connectivity index (χ0v) is 15.7. The number of benzene rings is 2. The summed E-state index contributed by atoms with van der Waals surface area (Å²) in [6, 6.07) is 12.7. The molecule has 2 aromatic carbocycles. The van der Waals surface area contributed by atoms with Crippen LogP contribution in [0.2, 0.25) is 0 Å². The second-order valence-electron chi connectivity index (χ2n) is 6.63. The van der Waals surface area contributed by atoms with Crippen molar-refractivity contribution in [2.24, 2.45) is 0 Å². The number of aryl methyl sites for hydroxylation is 2. The number of carbonyl (C=O) groups is 1. The molecule has 0 radical (unpaired) electrons. The van der Waals surface area contributed by atoms with Gasteiger partial charge in [0, 0.05) is 0 Å². The summed E-state index contributed by atoms with van der Waals surface area (Å²) >= 11 is 0. The van der Waals surface area contributed by atoms with Crippen LogP contribution in [0.4, 0.5) is 0 Å². The highest BCUT2D eigenvalue weighted by Gasteiger charge is 2.09. The minimum absolute atomic E-state index is 0.0670. The summed E-state index contributed by atoms with van der Waals surface area (Å²) < 4.78 is 5.55. The van der Waals surface area contributed by atoms with Gasteiger partial charge in [0.15, 0.2) is 6.61 Å². The van der Waals surface area contributed by atoms with E-state index in [1.54, 1.807) is 0 Å². The van der Waals surface area contributed by atoms with Gasteiger partial charge in [-0.3, -0.25) is 9.63 Å². The van der Waals surface area contributed by atoms with E-state index in [9.17, 15) is 4.79 Å². The van der Waals surface area contributed by atoms with Crippen molar-refractivity contribution in [3.05, 3.63) is 64.2 Å². The Balaban J connectivity index is 2.14. The zero-order chi connectivity index (χ0) is 18.4. The van der Waals surface area contributed by atoms with Crippen LogP contribution >= 0.6 is 0 Å². The Kier molecular flexibility index (Phi) is 6.59. The van der Waals surface area contributed by atoms with Gasteiger partial charge in [-0.1, -0.05) is 38.1 Å². The van der Waals surface area contributed by atoms with Crippen molar-refractivity contribution in [3.8, 4) is 5.75 Å². The Morgan fingerprint density at radius 3 is 2.40 bits per heavy atom. The molecular weight excluding hydrogens is 314 g/mol. The lowest BCUT2D eigenvalue weighted by molar-refractivity contribution is -0.133. The van der Waals surface area contributed by atoms with Crippen LogP contribution in [0.5, 0.6) is 5.75 Å². The van der Waals surface area contributed by atoms with E-state index in [1.807, 2.05) is 12.1 Å². The van der Waals surface area contributed by atoms with E-state index < -0.39 is 0 Å². The van der Waals surface area contributed by atoms with E-state index in [4.69, 9.17) is 4.74 Å². The third-order valence-electron chi connectivity index (χ3n) is 4.25. The first kappa shape index (κ1) is 19.0. The predicted molar refractivity (Wildman–Crippen MR) is 99.9 cm³/mol. The molecule has 0 bridgehead atoms. The van der Waals surface area contributed by atoms with Gasteiger partial charge in [0.2, 0.25) is 0 Å². The van der Waals surface area contributed by atoms with Crippen molar-refractivity contribution in [2.75, 3.05) is 13.7 Å². The molecule has 0 saturated carbocycles. The van der Waals surface area contributed by atoms with Gasteiger partial charge >= 0.3 is 0 Å². The van der Waals surface area contributed by atoms with Gasteiger partial charge in [0.1, 0.15) is 5.75 Å². The van der Waals surface area contributed by atoms with Gasteiger partial charge in [-0.2, -0.15) is 0 Å². The van der Waals surface area contributed by atoms with Crippen molar-refractivity contribution in [1.82, 2.24) is 5.48 Å². The molecule has 1 amide bonds. The monoisotopic (exact) mass is 341 g/mol. The molecule has 0 aliphatic rings. The highest BCUT2D eigenvalue weighted by atomic mass is 16.6. The van der Waals surface area contributed by atoms with Gasteiger partial charge in [-0.15, -0.1) is 0 Å². The number of ether oxygens (including phenoxy) is 1. The average molecular weight is 341 g/mol. The summed E-state index contributed by atoms with van der Waals surface area (Å²) in [5.41, 5.74) is 8.54. The number of nitrogens with one attached hydrogen (secondary N) is 1. The molecule has 2 aromatic rings. The lowest BCUT2D eigenvalue weighted by Crippen LogP contribution is -2.27. The summed E-state index contributed by atoms with van der Waals surface area (Å²) in [7, 11) is 1.40. The minimum Gasteiger partial charge on any atom is -0.484 e. The Hall–Kier alpha value is -2.33. The predicted octanol–water partition coefficient (Wildman–Crippen LogP) is 4.07. The molecule has 134 valence electrons. The van der Waals surface area contributed by atoms with Gasteiger partial charge in [-0.05, 0) is 66.1 Å². The molecule has 0 unspecified atom stereocenters. The minimum atomic E-state index is -0.313. The van der Waals surface area contributed by atoms with Crippen LogP contribution in [0.1, 0.15) is 47.6 Å². The standard InChI is InChI=1S/C21H27NO3/c1-14(2)18-8-6-7-17(11-18)12-20-15(3)9-19(10-16(20)4)25-13-21(23)22-24-5/h6-11,14H,12-13H2,1-5H3,(H,22,23). The second kappa shape index (κ2) is 8.67. The van der Waals surface area contributed by atoms with Crippen LogP contribution in [0, 0.1) is 13.8 Å². The summed E-state index contributed by atoms with van der Waals surface area (Å²) in [4.78, 5) is 16.0. The molecule has 2 rings (SSSR count). The topological polar surface area (TPSA) is 47.6 Å². The Labute approximate surface area is 150 Å². The molecular formula is C21H27NO3. The summed E-state index contributed by atoms with van der Waals surface area (Å²) in [5, 5.41) is 0. The SMILES string of the molecule is CONC(=O)COc1cc(C)c(Cc2cccc(C(C)C)c2)c(C)c1. The van der Waals surface area contributed by atoms with Crippen molar-refractivity contribution >= 4 is 5.91 Å². The fourth-order valence-corrected chi connectivity index (χ4v) is 2.87. The van der Waals surface area contributed by atoms with E-state index in [1.165, 1.54) is 23.8 Å².